The van der Waals surface area contributed by atoms with Crippen molar-refractivity contribution in [3.05, 3.63) is 101 Å². The molecule has 32 heavy (non-hydrogen) atoms. The lowest BCUT2D eigenvalue weighted by atomic mass is 10.0. The number of ether oxygens (including phenoxy) is 1. The molecule has 0 amide bonds. The smallest absolute Gasteiger partial charge is 0.339 e. The first-order valence-electron chi connectivity index (χ1n) is 9.70. The molecule has 0 radical (unpaired) electrons. The van der Waals surface area contributed by atoms with Gasteiger partial charge in [0, 0.05) is 11.1 Å². The second-order valence-electron chi connectivity index (χ2n) is 6.74. The number of hydrogen-bond acceptors (Lipinski definition) is 7. The fraction of sp³-hybridized carbons (Fsp3) is 0.0417. The van der Waals surface area contributed by atoms with Gasteiger partial charge in [0.1, 0.15) is 0 Å². The van der Waals surface area contributed by atoms with E-state index in [-0.39, 0.29) is 23.0 Å². The van der Waals surface area contributed by atoms with Crippen LogP contribution in [-0.4, -0.2) is 28.0 Å². The van der Waals surface area contributed by atoms with Gasteiger partial charge in [-0.1, -0.05) is 72.8 Å². The zero-order chi connectivity index (χ0) is 22.5. The van der Waals surface area contributed by atoms with Gasteiger partial charge < -0.3 is 10.1 Å². The number of hydrogen-bond donors (Lipinski definition) is 1. The number of rotatable bonds is 6. The van der Waals surface area contributed by atoms with Gasteiger partial charge in [-0.2, -0.15) is 0 Å². The standard InChI is InChI=1S/C24H18N4O4/c1-32-23(29)18-14-8-9-15-19(18)25-24-26-20(16-10-4-2-5-11-16)22(28(30)31)21(27-24)17-12-6-3-7-13-17/h2-15H,1H3,(H,25,26,27). The maximum atomic E-state index is 12.2. The number of aromatic nitrogens is 2. The summed E-state index contributed by atoms with van der Waals surface area (Å²) in [5.74, 6) is -0.411. The average molecular weight is 426 g/mol. The van der Waals surface area contributed by atoms with Crippen molar-refractivity contribution in [1.29, 1.82) is 0 Å². The molecule has 0 bridgehead atoms. The molecule has 0 fully saturated rings. The Morgan fingerprint density at radius 2 is 1.34 bits per heavy atom. The molecule has 3 aromatic carbocycles. The molecule has 0 unspecified atom stereocenters. The number of carbonyl (C=O) groups excluding carboxylic acids is 1. The van der Waals surface area contributed by atoms with Crippen LogP contribution in [0.5, 0.6) is 0 Å². The highest BCUT2D eigenvalue weighted by Crippen LogP contribution is 2.37. The molecule has 0 aliphatic rings. The van der Waals surface area contributed by atoms with E-state index in [1.807, 2.05) is 12.1 Å². The van der Waals surface area contributed by atoms with Crippen LogP contribution < -0.4 is 5.32 Å². The van der Waals surface area contributed by atoms with Crippen LogP contribution in [0.1, 0.15) is 10.4 Å². The van der Waals surface area contributed by atoms with Gasteiger partial charge in [-0.15, -0.1) is 0 Å². The summed E-state index contributed by atoms with van der Waals surface area (Å²) in [4.78, 5) is 32.7. The molecular weight excluding hydrogens is 408 g/mol. The van der Waals surface area contributed by atoms with Gasteiger partial charge in [-0.25, -0.2) is 14.8 Å². The summed E-state index contributed by atoms with van der Waals surface area (Å²) < 4.78 is 4.84. The van der Waals surface area contributed by atoms with Crippen molar-refractivity contribution in [2.24, 2.45) is 0 Å². The predicted octanol–water partition coefficient (Wildman–Crippen LogP) is 5.25. The van der Waals surface area contributed by atoms with Crippen LogP contribution in [0, 0.1) is 10.1 Å². The summed E-state index contributed by atoms with van der Waals surface area (Å²) in [6.45, 7) is 0. The van der Waals surface area contributed by atoms with E-state index in [9.17, 15) is 14.9 Å². The van der Waals surface area contributed by atoms with Gasteiger partial charge >= 0.3 is 11.7 Å². The molecule has 1 heterocycles. The number of benzene rings is 3. The van der Waals surface area contributed by atoms with Gasteiger partial charge in [0.05, 0.1) is 23.3 Å². The number of anilines is 2. The van der Waals surface area contributed by atoms with E-state index in [1.54, 1.807) is 72.8 Å². The monoisotopic (exact) mass is 426 g/mol. The molecule has 0 saturated carbocycles. The number of nitro groups is 1. The Morgan fingerprint density at radius 1 is 0.844 bits per heavy atom. The van der Waals surface area contributed by atoms with E-state index >= 15 is 0 Å². The van der Waals surface area contributed by atoms with E-state index in [4.69, 9.17) is 4.74 Å². The molecule has 158 valence electrons. The fourth-order valence-electron chi connectivity index (χ4n) is 3.28. The Morgan fingerprint density at radius 3 is 1.84 bits per heavy atom. The first-order chi connectivity index (χ1) is 15.6. The summed E-state index contributed by atoms with van der Waals surface area (Å²) in [6.07, 6.45) is 0. The number of carbonyl (C=O) groups is 1. The minimum absolute atomic E-state index is 0.115. The highest BCUT2D eigenvalue weighted by atomic mass is 16.6. The SMILES string of the molecule is COC(=O)c1ccccc1Nc1nc(-c2ccccc2)c([N+](=O)[O-])c(-c2ccccc2)n1. The number of nitrogens with zero attached hydrogens (tertiary/aromatic N) is 3. The molecule has 0 saturated heterocycles. The Balaban J connectivity index is 1.94. The summed E-state index contributed by atoms with van der Waals surface area (Å²) in [5, 5.41) is 15.1. The first-order valence-corrected chi connectivity index (χ1v) is 9.70. The van der Waals surface area contributed by atoms with Crippen LogP contribution in [0.4, 0.5) is 17.3 Å². The fourth-order valence-corrected chi connectivity index (χ4v) is 3.28. The van der Waals surface area contributed by atoms with Crippen LogP contribution in [0.25, 0.3) is 22.5 Å². The van der Waals surface area contributed by atoms with Gasteiger partial charge in [-0.05, 0) is 12.1 Å². The molecule has 0 spiro atoms. The van der Waals surface area contributed by atoms with Crippen molar-refractivity contribution in [2.75, 3.05) is 12.4 Å². The lowest BCUT2D eigenvalue weighted by molar-refractivity contribution is -0.383. The molecule has 8 heteroatoms. The topological polar surface area (TPSA) is 107 Å². The van der Waals surface area contributed by atoms with Crippen LogP contribution >= 0.6 is 0 Å². The van der Waals surface area contributed by atoms with Crippen molar-refractivity contribution >= 4 is 23.3 Å². The zero-order valence-corrected chi connectivity index (χ0v) is 17.1. The Kier molecular flexibility index (Phi) is 5.85. The summed E-state index contributed by atoms with van der Waals surface area (Å²) in [6, 6.07) is 24.5. The average Bonchev–Trinajstić information content (AvgIpc) is 2.84. The summed E-state index contributed by atoms with van der Waals surface area (Å²) in [7, 11) is 1.29. The molecule has 0 aliphatic heterocycles. The van der Waals surface area contributed by atoms with Crippen LogP contribution in [0.3, 0.4) is 0 Å². The highest BCUT2D eigenvalue weighted by molar-refractivity contribution is 5.96. The third-order valence-corrected chi connectivity index (χ3v) is 4.74. The minimum Gasteiger partial charge on any atom is -0.465 e. The molecule has 1 N–H and O–H groups in total. The highest BCUT2D eigenvalue weighted by Gasteiger charge is 2.27. The number of nitrogens with one attached hydrogen (secondary N) is 1. The molecule has 0 atom stereocenters. The van der Waals surface area contributed by atoms with Crippen LogP contribution in [0.2, 0.25) is 0 Å². The van der Waals surface area contributed by atoms with Crippen LogP contribution in [-0.2, 0) is 4.74 Å². The van der Waals surface area contributed by atoms with E-state index in [0.717, 1.165) is 0 Å². The Bertz CT molecular complexity index is 1220. The second kappa shape index (κ2) is 9.05. The lowest BCUT2D eigenvalue weighted by Gasteiger charge is -2.13. The quantitative estimate of drug-likeness (QED) is 0.255. The maximum Gasteiger partial charge on any atom is 0.339 e. The number of esters is 1. The zero-order valence-electron chi connectivity index (χ0n) is 17.1. The largest absolute Gasteiger partial charge is 0.465 e. The van der Waals surface area contributed by atoms with Crippen molar-refractivity contribution in [1.82, 2.24) is 9.97 Å². The normalized spacial score (nSPS) is 10.4. The van der Waals surface area contributed by atoms with Gasteiger partial charge in [-0.3, -0.25) is 10.1 Å². The second-order valence-corrected chi connectivity index (χ2v) is 6.74. The molecule has 8 nitrogen and oxygen atoms in total. The molecular formula is C24H18N4O4. The number of methoxy groups -OCH3 is 1. The third-order valence-electron chi connectivity index (χ3n) is 4.74. The van der Waals surface area contributed by atoms with E-state index in [0.29, 0.717) is 22.4 Å². The Hall–Kier alpha value is -4.59. The lowest BCUT2D eigenvalue weighted by Crippen LogP contribution is -2.09. The number of para-hydroxylation sites is 1. The predicted molar refractivity (Wildman–Crippen MR) is 121 cm³/mol. The molecule has 0 aliphatic carbocycles. The van der Waals surface area contributed by atoms with E-state index < -0.39 is 10.9 Å². The summed E-state index contributed by atoms with van der Waals surface area (Å²) in [5.41, 5.74) is 2.00. The molecule has 4 rings (SSSR count). The van der Waals surface area contributed by atoms with Gasteiger partial charge in [0.25, 0.3) is 0 Å². The third kappa shape index (κ3) is 4.15. The summed E-state index contributed by atoms with van der Waals surface area (Å²) >= 11 is 0. The van der Waals surface area contributed by atoms with Gasteiger partial charge in [0.15, 0.2) is 11.4 Å². The maximum absolute atomic E-state index is 12.2. The molecule has 4 aromatic rings. The Labute approximate surface area is 183 Å². The first kappa shape index (κ1) is 20.7. The van der Waals surface area contributed by atoms with Crippen molar-refractivity contribution in [3.8, 4) is 22.5 Å². The van der Waals surface area contributed by atoms with Crippen LogP contribution in [0.15, 0.2) is 84.9 Å². The van der Waals surface area contributed by atoms with E-state index in [2.05, 4.69) is 15.3 Å². The van der Waals surface area contributed by atoms with Crippen molar-refractivity contribution in [2.45, 2.75) is 0 Å². The van der Waals surface area contributed by atoms with Gasteiger partial charge in [0.2, 0.25) is 5.95 Å². The minimum atomic E-state index is -0.526. The molecule has 1 aromatic heterocycles. The van der Waals surface area contributed by atoms with E-state index in [1.165, 1.54) is 7.11 Å². The van der Waals surface area contributed by atoms with Crippen molar-refractivity contribution in [3.63, 3.8) is 0 Å². The van der Waals surface area contributed by atoms with Crippen molar-refractivity contribution < 1.29 is 14.5 Å².